The van der Waals surface area contributed by atoms with Crippen LogP contribution in [0, 0.1) is 0 Å². The number of sulfonamides is 1. The van der Waals surface area contributed by atoms with Gasteiger partial charge in [0.15, 0.2) is 0 Å². The summed E-state index contributed by atoms with van der Waals surface area (Å²) in [5, 5.41) is 0.599. The molecule has 0 fully saturated rings. The number of hydrogen-bond donors (Lipinski definition) is 1. The number of aromatic nitrogens is 2. The molecule has 0 saturated carbocycles. The van der Waals surface area contributed by atoms with Crippen molar-refractivity contribution >= 4 is 31.6 Å². The topological polar surface area (TPSA) is 81.1 Å². The summed E-state index contributed by atoms with van der Waals surface area (Å²) in [5.74, 6) is 0. The van der Waals surface area contributed by atoms with Crippen molar-refractivity contribution in [2.45, 2.75) is 30.6 Å². The summed E-state index contributed by atoms with van der Waals surface area (Å²) >= 11 is 1.44. The molecule has 5 rings (SSSR count). The molecule has 1 N–H and O–H groups in total. The van der Waals surface area contributed by atoms with Crippen LogP contribution in [-0.2, 0) is 22.9 Å². The number of rotatable bonds is 4. The molecule has 8 heteroatoms. The molecular formula is C22H19N3O3S2. The Bertz CT molecular complexity index is 1370. The quantitative estimate of drug-likeness (QED) is 0.524. The minimum atomic E-state index is -3.90. The monoisotopic (exact) mass is 437 g/mol. The van der Waals surface area contributed by atoms with Gasteiger partial charge in [-0.05, 0) is 61.6 Å². The first-order valence-corrected chi connectivity index (χ1v) is 12.0. The van der Waals surface area contributed by atoms with Gasteiger partial charge in [0.2, 0.25) is 0 Å². The van der Waals surface area contributed by atoms with Crippen LogP contribution in [0.25, 0.3) is 20.8 Å². The highest BCUT2D eigenvalue weighted by Gasteiger charge is 2.24. The van der Waals surface area contributed by atoms with Gasteiger partial charge in [0, 0.05) is 5.69 Å². The maximum atomic E-state index is 13.4. The van der Waals surface area contributed by atoms with Gasteiger partial charge in [-0.1, -0.05) is 30.3 Å². The second kappa shape index (κ2) is 7.37. The van der Waals surface area contributed by atoms with Crippen LogP contribution in [0.3, 0.4) is 0 Å². The molecule has 2 aromatic carbocycles. The maximum Gasteiger partial charge on any atom is 0.280 e. The lowest BCUT2D eigenvalue weighted by Gasteiger charge is -2.22. The fraction of sp³-hybridized carbons (Fsp3) is 0.182. The SMILES string of the molecule is O=c1c(-c2nc3ccccc3s2)cc2c(n1NS(=O)(=O)c1ccccc1)CCCC2. The van der Waals surface area contributed by atoms with E-state index < -0.39 is 15.6 Å². The van der Waals surface area contributed by atoms with Crippen LogP contribution in [-0.4, -0.2) is 18.1 Å². The molecule has 30 heavy (non-hydrogen) atoms. The van der Waals surface area contributed by atoms with Crippen molar-refractivity contribution in [1.29, 1.82) is 0 Å². The Morgan fingerprint density at radius 2 is 1.70 bits per heavy atom. The van der Waals surface area contributed by atoms with E-state index in [-0.39, 0.29) is 4.90 Å². The number of para-hydroxylation sites is 1. The normalized spacial score (nSPS) is 13.9. The molecule has 0 spiro atoms. The molecular weight excluding hydrogens is 418 g/mol. The molecule has 4 aromatic rings. The van der Waals surface area contributed by atoms with Crippen molar-refractivity contribution in [3.05, 3.63) is 82.3 Å². The Morgan fingerprint density at radius 1 is 0.967 bits per heavy atom. The molecule has 2 heterocycles. The largest absolute Gasteiger partial charge is 0.280 e. The third kappa shape index (κ3) is 3.32. The molecule has 0 radical (unpaired) electrons. The Morgan fingerprint density at radius 3 is 2.50 bits per heavy atom. The summed E-state index contributed by atoms with van der Waals surface area (Å²) in [4.78, 5) is 20.7. The number of nitrogens with zero attached hydrogens (tertiary/aromatic N) is 2. The molecule has 0 bridgehead atoms. The predicted molar refractivity (Wildman–Crippen MR) is 119 cm³/mol. The van der Waals surface area contributed by atoms with Gasteiger partial charge in [0.1, 0.15) is 5.01 Å². The van der Waals surface area contributed by atoms with Crippen molar-refractivity contribution in [2.24, 2.45) is 0 Å². The molecule has 6 nitrogen and oxygen atoms in total. The summed E-state index contributed by atoms with van der Waals surface area (Å²) in [6.07, 6.45) is 3.39. The van der Waals surface area contributed by atoms with E-state index in [1.807, 2.05) is 30.3 Å². The predicted octanol–water partition coefficient (Wildman–Crippen LogP) is 3.94. The second-order valence-corrected chi connectivity index (χ2v) is 9.96. The van der Waals surface area contributed by atoms with Gasteiger partial charge in [-0.2, -0.15) is 8.42 Å². The third-order valence-electron chi connectivity index (χ3n) is 5.29. The van der Waals surface area contributed by atoms with Crippen LogP contribution in [0.1, 0.15) is 24.1 Å². The Labute approximate surface area is 177 Å². The van der Waals surface area contributed by atoms with E-state index in [4.69, 9.17) is 0 Å². The van der Waals surface area contributed by atoms with Crippen molar-refractivity contribution < 1.29 is 8.42 Å². The zero-order valence-electron chi connectivity index (χ0n) is 16.0. The zero-order valence-corrected chi connectivity index (χ0v) is 17.7. The van der Waals surface area contributed by atoms with Crippen LogP contribution in [0.4, 0.5) is 0 Å². The van der Waals surface area contributed by atoms with Crippen LogP contribution in [0.5, 0.6) is 0 Å². The van der Waals surface area contributed by atoms with E-state index >= 15 is 0 Å². The fourth-order valence-electron chi connectivity index (χ4n) is 3.81. The number of pyridine rings is 1. The van der Waals surface area contributed by atoms with Crippen LogP contribution < -0.4 is 10.4 Å². The Kier molecular flexibility index (Phi) is 4.67. The van der Waals surface area contributed by atoms with Crippen molar-refractivity contribution in [2.75, 3.05) is 4.83 Å². The van der Waals surface area contributed by atoms with Gasteiger partial charge in [-0.15, -0.1) is 11.3 Å². The zero-order chi connectivity index (χ0) is 20.7. The Hall–Kier alpha value is -2.97. The lowest BCUT2D eigenvalue weighted by atomic mass is 9.95. The number of thiazole rings is 1. The highest BCUT2D eigenvalue weighted by atomic mass is 32.2. The van der Waals surface area contributed by atoms with Crippen molar-refractivity contribution in [3.63, 3.8) is 0 Å². The minimum absolute atomic E-state index is 0.117. The second-order valence-electron chi connectivity index (χ2n) is 7.27. The standard InChI is InChI=1S/C22H19N3O3S2/c26-22-17(21-23-18-11-5-7-13-20(18)29-21)14-15-8-4-6-12-19(15)25(22)24-30(27,28)16-9-2-1-3-10-16/h1-3,5,7,9-11,13-14,24H,4,6,8,12H2. The van der Waals surface area contributed by atoms with E-state index in [0.29, 0.717) is 17.0 Å². The fourth-order valence-corrected chi connectivity index (χ4v) is 5.84. The van der Waals surface area contributed by atoms with E-state index in [2.05, 4.69) is 9.82 Å². The first-order chi connectivity index (χ1) is 14.5. The first-order valence-electron chi connectivity index (χ1n) is 9.74. The summed E-state index contributed by atoms with van der Waals surface area (Å²) in [5.41, 5.74) is 2.58. The maximum absolute atomic E-state index is 13.4. The number of hydrogen-bond acceptors (Lipinski definition) is 5. The summed E-state index contributed by atoms with van der Waals surface area (Å²) in [6.45, 7) is 0. The van der Waals surface area contributed by atoms with Crippen LogP contribution in [0.2, 0.25) is 0 Å². The van der Waals surface area contributed by atoms with Gasteiger partial charge in [-0.25, -0.2) is 14.5 Å². The molecule has 0 saturated heterocycles. The number of fused-ring (bicyclic) bond motifs is 2. The summed E-state index contributed by atoms with van der Waals surface area (Å²) < 4.78 is 28.1. The summed E-state index contributed by atoms with van der Waals surface area (Å²) in [6, 6.07) is 17.7. The van der Waals surface area contributed by atoms with Gasteiger partial charge < -0.3 is 0 Å². The molecule has 2 aromatic heterocycles. The Balaban J connectivity index is 1.68. The highest BCUT2D eigenvalue weighted by Crippen LogP contribution is 2.30. The molecule has 1 aliphatic carbocycles. The van der Waals surface area contributed by atoms with Gasteiger partial charge >= 0.3 is 0 Å². The van der Waals surface area contributed by atoms with E-state index in [1.54, 1.807) is 18.2 Å². The molecule has 0 unspecified atom stereocenters. The van der Waals surface area contributed by atoms with Gasteiger partial charge in [-0.3, -0.25) is 4.79 Å². The average molecular weight is 438 g/mol. The average Bonchev–Trinajstić information content (AvgIpc) is 3.20. The molecule has 1 aliphatic rings. The lowest BCUT2D eigenvalue weighted by molar-refractivity contribution is 0.587. The van der Waals surface area contributed by atoms with Crippen LogP contribution in [0.15, 0.2) is 70.4 Å². The van der Waals surface area contributed by atoms with Crippen molar-refractivity contribution in [3.8, 4) is 10.6 Å². The number of benzene rings is 2. The molecule has 152 valence electrons. The van der Waals surface area contributed by atoms with Crippen LogP contribution >= 0.6 is 11.3 Å². The first kappa shape index (κ1) is 19.0. The molecule has 0 aliphatic heterocycles. The number of aryl methyl sites for hydroxylation is 1. The van der Waals surface area contributed by atoms with Gasteiger partial charge in [0.05, 0.1) is 20.7 Å². The molecule has 0 amide bonds. The summed E-state index contributed by atoms with van der Waals surface area (Å²) in [7, 11) is -3.90. The third-order valence-corrected chi connectivity index (χ3v) is 7.68. The number of nitrogens with one attached hydrogen (secondary N) is 1. The van der Waals surface area contributed by atoms with E-state index in [1.165, 1.54) is 28.1 Å². The van der Waals surface area contributed by atoms with Crippen molar-refractivity contribution in [1.82, 2.24) is 9.66 Å². The lowest BCUT2D eigenvalue weighted by Crippen LogP contribution is -2.37. The van der Waals surface area contributed by atoms with E-state index in [9.17, 15) is 13.2 Å². The smallest absolute Gasteiger partial charge is 0.267 e. The minimum Gasteiger partial charge on any atom is -0.267 e. The highest BCUT2D eigenvalue weighted by molar-refractivity contribution is 7.92. The van der Waals surface area contributed by atoms with E-state index in [0.717, 1.165) is 40.7 Å². The molecule has 0 atom stereocenters. The van der Waals surface area contributed by atoms with Gasteiger partial charge in [0.25, 0.3) is 15.6 Å².